The van der Waals surface area contributed by atoms with Crippen molar-refractivity contribution < 1.29 is 9.53 Å². The van der Waals surface area contributed by atoms with Crippen LogP contribution in [0, 0.1) is 13.8 Å². The largest absolute Gasteiger partial charge is 0.492 e. The lowest BCUT2D eigenvalue weighted by Crippen LogP contribution is -2.23. The summed E-state index contributed by atoms with van der Waals surface area (Å²) in [7, 11) is 0. The number of guanidine groups is 1. The van der Waals surface area contributed by atoms with Crippen molar-refractivity contribution in [1.82, 2.24) is 0 Å². The van der Waals surface area contributed by atoms with E-state index in [1.807, 2.05) is 30.3 Å². The Hall–Kier alpha value is -2.29. The van der Waals surface area contributed by atoms with Crippen LogP contribution in [-0.4, -0.2) is 25.0 Å². The Morgan fingerprint density at radius 2 is 1.81 bits per heavy atom. The molecule has 0 fully saturated rings. The van der Waals surface area contributed by atoms with E-state index >= 15 is 0 Å². The van der Waals surface area contributed by atoms with Gasteiger partial charge < -0.3 is 21.1 Å². The molecule has 0 aliphatic heterocycles. The molecule has 4 N–H and O–H groups in total. The maximum atomic E-state index is 11.1. The number of ether oxygens (including phenoxy) is 1. The van der Waals surface area contributed by atoms with Gasteiger partial charge in [-0.15, -0.1) is 24.0 Å². The van der Waals surface area contributed by atoms with Gasteiger partial charge in [0, 0.05) is 24.4 Å². The fourth-order valence-corrected chi connectivity index (χ4v) is 2.20. The third-order valence-corrected chi connectivity index (χ3v) is 3.58. The van der Waals surface area contributed by atoms with E-state index in [1.165, 1.54) is 18.1 Å². The molecule has 0 spiro atoms. The van der Waals surface area contributed by atoms with E-state index in [1.54, 1.807) is 12.1 Å². The Balaban J connectivity index is 0.00000338. The lowest BCUT2D eigenvalue weighted by molar-refractivity contribution is -0.114. The molecule has 0 aliphatic rings. The lowest BCUT2D eigenvalue weighted by atomic mass is 10.1. The number of anilines is 2. The van der Waals surface area contributed by atoms with Crippen LogP contribution in [0.25, 0.3) is 0 Å². The predicted octanol–water partition coefficient (Wildman–Crippen LogP) is 3.69. The van der Waals surface area contributed by atoms with Crippen molar-refractivity contribution in [3.05, 3.63) is 53.6 Å². The Morgan fingerprint density at radius 1 is 1.08 bits per heavy atom. The van der Waals surface area contributed by atoms with Crippen LogP contribution in [0.3, 0.4) is 0 Å². The second kappa shape index (κ2) is 10.6. The normalized spacial score (nSPS) is 10.7. The number of amides is 1. The standard InChI is InChI=1S/C19H24N4O2.HI/c1-13-7-8-17(11-14(13)2)23-19(20)21-9-10-25-18-6-4-5-16(12-18)22-15(3)24;/h4-8,11-12H,9-10H2,1-3H3,(H,22,24)(H3,20,21,23);1H. The molecule has 0 bridgehead atoms. The van der Waals surface area contributed by atoms with Crippen molar-refractivity contribution in [2.75, 3.05) is 23.8 Å². The molecule has 2 rings (SSSR count). The molecule has 0 radical (unpaired) electrons. The highest BCUT2D eigenvalue weighted by Crippen LogP contribution is 2.17. The van der Waals surface area contributed by atoms with Gasteiger partial charge in [-0.2, -0.15) is 0 Å². The molecule has 140 valence electrons. The summed E-state index contributed by atoms with van der Waals surface area (Å²) in [5.41, 5.74) is 9.92. The molecule has 0 aliphatic carbocycles. The molecule has 7 heteroatoms. The number of benzene rings is 2. The predicted molar refractivity (Wildman–Crippen MR) is 118 cm³/mol. The molecule has 1 amide bonds. The maximum Gasteiger partial charge on any atom is 0.221 e. The van der Waals surface area contributed by atoms with E-state index in [-0.39, 0.29) is 29.9 Å². The highest BCUT2D eigenvalue weighted by atomic mass is 127. The number of aryl methyl sites for hydroxylation is 2. The first-order chi connectivity index (χ1) is 11.9. The number of hydrogen-bond acceptors (Lipinski definition) is 3. The smallest absolute Gasteiger partial charge is 0.221 e. The Bertz CT molecular complexity index is 778. The molecule has 0 heterocycles. The fourth-order valence-electron chi connectivity index (χ4n) is 2.20. The number of nitrogens with zero attached hydrogens (tertiary/aromatic N) is 1. The summed E-state index contributed by atoms with van der Waals surface area (Å²) in [4.78, 5) is 15.3. The van der Waals surface area contributed by atoms with Gasteiger partial charge in [0.1, 0.15) is 12.4 Å². The highest BCUT2D eigenvalue weighted by molar-refractivity contribution is 14.0. The highest BCUT2D eigenvalue weighted by Gasteiger charge is 2.00. The van der Waals surface area contributed by atoms with Crippen LogP contribution in [0.2, 0.25) is 0 Å². The summed E-state index contributed by atoms with van der Waals surface area (Å²) < 4.78 is 5.62. The number of hydrogen-bond donors (Lipinski definition) is 3. The van der Waals surface area contributed by atoms with Gasteiger partial charge in [0.25, 0.3) is 0 Å². The molecule has 0 saturated heterocycles. The zero-order valence-corrected chi connectivity index (χ0v) is 17.5. The van der Waals surface area contributed by atoms with Crippen LogP contribution in [0.4, 0.5) is 11.4 Å². The summed E-state index contributed by atoms with van der Waals surface area (Å²) in [6.45, 7) is 6.39. The molecule has 6 nitrogen and oxygen atoms in total. The second-order valence-electron chi connectivity index (χ2n) is 5.75. The summed E-state index contributed by atoms with van der Waals surface area (Å²) in [6.07, 6.45) is 0. The quantitative estimate of drug-likeness (QED) is 0.261. The summed E-state index contributed by atoms with van der Waals surface area (Å²) in [5, 5.41) is 5.78. The van der Waals surface area contributed by atoms with Gasteiger partial charge >= 0.3 is 0 Å². The average Bonchev–Trinajstić information content (AvgIpc) is 2.55. The minimum Gasteiger partial charge on any atom is -0.492 e. The lowest BCUT2D eigenvalue weighted by Gasteiger charge is -2.09. The van der Waals surface area contributed by atoms with Gasteiger partial charge in [-0.1, -0.05) is 12.1 Å². The summed E-state index contributed by atoms with van der Waals surface area (Å²) in [6, 6.07) is 13.2. The maximum absolute atomic E-state index is 11.1. The van der Waals surface area contributed by atoms with Crippen molar-refractivity contribution in [1.29, 1.82) is 0 Å². The minimum absolute atomic E-state index is 0. The van der Waals surface area contributed by atoms with Gasteiger partial charge in [0.15, 0.2) is 5.96 Å². The number of nitrogens with one attached hydrogen (secondary N) is 2. The first-order valence-corrected chi connectivity index (χ1v) is 8.08. The van der Waals surface area contributed by atoms with Gasteiger partial charge in [-0.25, -0.2) is 4.99 Å². The average molecular weight is 468 g/mol. The van der Waals surface area contributed by atoms with E-state index in [9.17, 15) is 4.79 Å². The summed E-state index contributed by atoms with van der Waals surface area (Å²) >= 11 is 0. The van der Waals surface area contributed by atoms with Gasteiger partial charge in [0.05, 0.1) is 6.54 Å². The molecule has 26 heavy (non-hydrogen) atoms. The monoisotopic (exact) mass is 468 g/mol. The van der Waals surface area contributed by atoms with Crippen molar-refractivity contribution in [3.63, 3.8) is 0 Å². The topological polar surface area (TPSA) is 88.7 Å². The summed E-state index contributed by atoms with van der Waals surface area (Å²) in [5.74, 6) is 0.896. The number of rotatable bonds is 6. The van der Waals surface area contributed by atoms with Crippen molar-refractivity contribution >= 4 is 47.2 Å². The molecular formula is C19H25IN4O2. The van der Waals surface area contributed by atoms with Crippen molar-refractivity contribution in [3.8, 4) is 5.75 Å². The van der Waals surface area contributed by atoms with Crippen molar-refractivity contribution in [2.45, 2.75) is 20.8 Å². The molecule has 0 atom stereocenters. The van der Waals surface area contributed by atoms with E-state index in [4.69, 9.17) is 10.5 Å². The van der Waals surface area contributed by atoms with E-state index in [0.717, 1.165) is 5.69 Å². The van der Waals surface area contributed by atoms with E-state index in [0.29, 0.717) is 30.5 Å². The van der Waals surface area contributed by atoms with Gasteiger partial charge in [0.2, 0.25) is 5.91 Å². The van der Waals surface area contributed by atoms with Crippen LogP contribution < -0.4 is 21.1 Å². The first-order valence-electron chi connectivity index (χ1n) is 8.08. The van der Waals surface area contributed by atoms with Gasteiger partial charge in [-0.3, -0.25) is 4.79 Å². The SMILES string of the molecule is CC(=O)Nc1cccc(OCCN=C(N)Nc2ccc(C)c(C)c2)c1.I. The molecule has 0 unspecified atom stereocenters. The van der Waals surface area contributed by atoms with Gasteiger partial charge in [-0.05, 0) is 49.2 Å². The van der Waals surface area contributed by atoms with E-state index in [2.05, 4.69) is 29.5 Å². The molecule has 2 aromatic carbocycles. The van der Waals surface area contributed by atoms with Crippen LogP contribution in [0.1, 0.15) is 18.1 Å². The van der Waals surface area contributed by atoms with Crippen LogP contribution in [-0.2, 0) is 4.79 Å². The molecule has 2 aromatic rings. The second-order valence-corrected chi connectivity index (χ2v) is 5.75. The Labute approximate surface area is 171 Å². The first kappa shape index (κ1) is 21.8. The van der Waals surface area contributed by atoms with Crippen LogP contribution in [0.5, 0.6) is 5.75 Å². The Morgan fingerprint density at radius 3 is 2.50 bits per heavy atom. The number of carbonyl (C=O) groups excluding carboxylic acids is 1. The van der Waals surface area contributed by atoms with Crippen LogP contribution in [0.15, 0.2) is 47.5 Å². The van der Waals surface area contributed by atoms with E-state index < -0.39 is 0 Å². The number of nitrogens with two attached hydrogens (primary N) is 1. The molecule has 0 aromatic heterocycles. The number of halogens is 1. The zero-order chi connectivity index (χ0) is 18.2. The number of carbonyl (C=O) groups is 1. The fraction of sp³-hybridized carbons (Fsp3) is 0.263. The molecular weight excluding hydrogens is 443 g/mol. The molecule has 0 saturated carbocycles. The third kappa shape index (κ3) is 7.30. The number of aliphatic imine (C=N–C) groups is 1. The van der Waals surface area contributed by atoms with Crippen molar-refractivity contribution in [2.24, 2.45) is 10.7 Å². The zero-order valence-electron chi connectivity index (χ0n) is 15.2. The van der Waals surface area contributed by atoms with Crippen LogP contribution >= 0.6 is 24.0 Å². The minimum atomic E-state index is -0.119. The third-order valence-electron chi connectivity index (χ3n) is 3.58. The Kier molecular flexibility index (Phi) is 8.91.